The number of carbonyl (C=O) groups is 2. The molecule has 0 bridgehead atoms. The molecular formula is C23H23N3O3. The summed E-state index contributed by atoms with van der Waals surface area (Å²) in [5, 5.41) is 4.57. The van der Waals surface area contributed by atoms with E-state index in [0.29, 0.717) is 25.1 Å². The first kappa shape index (κ1) is 18.9. The van der Waals surface area contributed by atoms with Gasteiger partial charge in [-0.05, 0) is 37.6 Å². The van der Waals surface area contributed by atoms with Crippen molar-refractivity contribution < 1.29 is 14.3 Å². The molecule has 0 aliphatic carbocycles. The van der Waals surface area contributed by atoms with E-state index < -0.39 is 5.97 Å². The zero-order valence-electron chi connectivity index (χ0n) is 16.6. The van der Waals surface area contributed by atoms with Crippen LogP contribution in [0.5, 0.6) is 0 Å². The molecule has 0 spiro atoms. The first-order chi connectivity index (χ1) is 14.1. The Bertz CT molecular complexity index is 1060. The first-order valence-electron chi connectivity index (χ1n) is 9.78. The Balaban J connectivity index is 1.73. The predicted octanol–water partition coefficient (Wildman–Crippen LogP) is 3.56. The maximum Gasteiger partial charge on any atom is 0.359 e. The number of fused-ring (bicyclic) bond motifs is 1. The second-order valence-electron chi connectivity index (χ2n) is 7.03. The van der Waals surface area contributed by atoms with Crippen molar-refractivity contribution in [3.8, 4) is 5.69 Å². The van der Waals surface area contributed by atoms with Crippen molar-refractivity contribution in [2.24, 2.45) is 0 Å². The molecule has 0 atom stereocenters. The van der Waals surface area contributed by atoms with E-state index in [1.54, 1.807) is 16.5 Å². The fourth-order valence-corrected chi connectivity index (χ4v) is 3.72. The maximum atomic E-state index is 13.1. The summed E-state index contributed by atoms with van der Waals surface area (Å²) in [5.74, 6) is -0.486. The third-order valence-electron chi connectivity index (χ3n) is 5.19. The van der Waals surface area contributed by atoms with Crippen molar-refractivity contribution in [1.82, 2.24) is 14.7 Å². The van der Waals surface area contributed by atoms with E-state index >= 15 is 0 Å². The van der Waals surface area contributed by atoms with Gasteiger partial charge in [0.2, 0.25) is 0 Å². The van der Waals surface area contributed by atoms with Gasteiger partial charge < -0.3 is 9.64 Å². The molecule has 29 heavy (non-hydrogen) atoms. The van der Waals surface area contributed by atoms with E-state index in [1.807, 2.05) is 61.5 Å². The Morgan fingerprint density at radius 2 is 1.79 bits per heavy atom. The molecule has 6 heteroatoms. The highest BCUT2D eigenvalue weighted by Crippen LogP contribution is 2.27. The molecule has 148 valence electrons. The summed E-state index contributed by atoms with van der Waals surface area (Å²) in [6.45, 7) is 4.88. The number of ether oxygens (including phenoxy) is 1. The lowest BCUT2D eigenvalue weighted by molar-refractivity contribution is 0.0513. The van der Waals surface area contributed by atoms with Crippen LogP contribution in [0.15, 0.2) is 54.6 Å². The van der Waals surface area contributed by atoms with Crippen molar-refractivity contribution in [1.29, 1.82) is 0 Å². The largest absolute Gasteiger partial charge is 0.461 e. The normalized spacial score (nSPS) is 13.1. The topological polar surface area (TPSA) is 64.4 Å². The minimum absolute atomic E-state index is 0.0315. The average molecular weight is 389 g/mol. The molecule has 1 aromatic heterocycles. The van der Waals surface area contributed by atoms with E-state index in [2.05, 4.69) is 5.10 Å². The van der Waals surface area contributed by atoms with Crippen LogP contribution in [0, 0.1) is 6.92 Å². The van der Waals surface area contributed by atoms with Gasteiger partial charge in [0.05, 0.1) is 24.5 Å². The quantitative estimate of drug-likeness (QED) is 0.640. The molecule has 4 rings (SSSR count). The second kappa shape index (κ2) is 7.91. The van der Waals surface area contributed by atoms with Crippen LogP contribution in [0.2, 0.25) is 0 Å². The summed E-state index contributed by atoms with van der Waals surface area (Å²) >= 11 is 0. The minimum Gasteiger partial charge on any atom is -0.461 e. The molecule has 0 unspecified atom stereocenters. The molecule has 0 fully saturated rings. The highest BCUT2D eigenvalue weighted by atomic mass is 16.5. The molecule has 1 aliphatic rings. The van der Waals surface area contributed by atoms with Crippen LogP contribution in [0.3, 0.4) is 0 Å². The van der Waals surface area contributed by atoms with Crippen molar-refractivity contribution in [3.63, 3.8) is 0 Å². The minimum atomic E-state index is -0.455. The predicted molar refractivity (Wildman–Crippen MR) is 109 cm³/mol. The molecule has 6 nitrogen and oxygen atoms in total. The SMILES string of the molecule is CCOC(=O)c1nn(-c2ccccc2)c2c1CN(C(=O)c1ccccc1C)CC2. The number of hydrogen-bond acceptors (Lipinski definition) is 4. The van der Waals surface area contributed by atoms with E-state index in [9.17, 15) is 9.59 Å². The van der Waals surface area contributed by atoms with Crippen LogP contribution in [0.1, 0.15) is 44.6 Å². The highest BCUT2D eigenvalue weighted by molar-refractivity contribution is 5.96. The summed E-state index contributed by atoms with van der Waals surface area (Å²) in [5.41, 5.74) is 4.51. The van der Waals surface area contributed by atoms with Gasteiger partial charge in [0.15, 0.2) is 5.69 Å². The molecule has 0 saturated heterocycles. The Kier molecular flexibility index (Phi) is 5.16. The van der Waals surface area contributed by atoms with Crippen LogP contribution >= 0.6 is 0 Å². The number of hydrogen-bond donors (Lipinski definition) is 0. The van der Waals surface area contributed by atoms with Gasteiger partial charge in [-0.1, -0.05) is 36.4 Å². The van der Waals surface area contributed by atoms with Crippen molar-refractivity contribution in [2.45, 2.75) is 26.8 Å². The standard InChI is InChI=1S/C23H23N3O3/c1-3-29-23(28)21-19-15-25(22(27)18-12-8-7-9-16(18)2)14-13-20(19)26(24-21)17-10-5-4-6-11-17/h4-12H,3,13-15H2,1-2H3. The van der Waals surface area contributed by atoms with Crippen molar-refractivity contribution in [3.05, 3.63) is 82.7 Å². The summed E-state index contributed by atoms with van der Waals surface area (Å²) in [6.07, 6.45) is 0.619. The maximum absolute atomic E-state index is 13.1. The fraction of sp³-hybridized carbons (Fsp3) is 0.261. The third kappa shape index (κ3) is 3.53. The Morgan fingerprint density at radius 3 is 2.52 bits per heavy atom. The molecule has 1 aliphatic heterocycles. The fourth-order valence-electron chi connectivity index (χ4n) is 3.72. The molecule has 2 heterocycles. The number of aromatic nitrogens is 2. The van der Waals surface area contributed by atoms with Crippen LogP contribution < -0.4 is 0 Å². The van der Waals surface area contributed by atoms with Gasteiger partial charge in [-0.3, -0.25) is 4.79 Å². The van der Waals surface area contributed by atoms with Crippen molar-refractivity contribution >= 4 is 11.9 Å². The lowest BCUT2D eigenvalue weighted by Gasteiger charge is -2.28. The number of aryl methyl sites for hydroxylation is 1. The number of rotatable bonds is 4. The van der Waals surface area contributed by atoms with Gasteiger partial charge in [0.25, 0.3) is 5.91 Å². The van der Waals surface area contributed by atoms with Gasteiger partial charge in [-0.2, -0.15) is 5.10 Å². The molecule has 0 N–H and O–H groups in total. The van der Waals surface area contributed by atoms with E-state index in [-0.39, 0.29) is 18.2 Å². The van der Waals surface area contributed by atoms with Gasteiger partial charge >= 0.3 is 5.97 Å². The van der Waals surface area contributed by atoms with Gasteiger partial charge in [0.1, 0.15) is 0 Å². The Morgan fingerprint density at radius 1 is 1.07 bits per heavy atom. The number of esters is 1. The van der Waals surface area contributed by atoms with Crippen molar-refractivity contribution in [2.75, 3.05) is 13.2 Å². The molecule has 1 amide bonds. The van der Waals surface area contributed by atoms with Gasteiger partial charge in [0, 0.05) is 24.1 Å². The highest BCUT2D eigenvalue weighted by Gasteiger charge is 2.31. The summed E-state index contributed by atoms with van der Waals surface area (Å²) in [4.78, 5) is 27.4. The molecule has 0 saturated carbocycles. The summed E-state index contributed by atoms with van der Waals surface area (Å²) in [6, 6.07) is 17.3. The summed E-state index contributed by atoms with van der Waals surface area (Å²) in [7, 11) is 0. The number of para-hydroxylation sites is 1. The van der Waals surface area contributed by atoms with Gasteiger partial charge in [-0.25, -0.2) is 9.48 Å². The average Bonchev–Trinajstić information content (AvgIpc) is 3.13. The van der Waals surface area contributed by atoms with E-state index in [0.717, 1.165) is 22.5 Å². The van der Waals surface area contributed by atoms with Crippen LogP contribution in [-0.2, 0) is 17.7 Å². The molecular weight excluding hydrogens is 366 g/mol. The second-order valence-corrected chi connectivity index (χ2v) is 7.03. The zero-order chi connectivity index (χ0) is 20.4. The number of amides is 1. The first-order valence-corrected chi connectivity index (χ1v) is 9.78. The van der Waals surface area contributed by atoms with Crippen LogP contribution in [0.4, 0.5) is 0 Å². The lowest BCUT2D eigenvalue weighted by Crippen LogP contribution is -2.37. The number of carbonyl (C=O) groups excluding carboxylic acids is 2. The van der Waals surface area contributed by atoms with Crippen LogP contribution in [-0.4, -0.2) is 39.7 Å². The van der Waals surface area contributed by atoms with Crippen LogP contribution in [0.25, 0.3) is 5.69 Å². The lowest BCUT2D eigenvalue weighted by atomic mass is 10.0. The Hall–Kier alpha value is -3.41. The molecule has 2 aromatic carbocycles. The Labute approximate surface area is 169 Å². The zero-order valence-corrected chi connectivity index (χ0v) is 16.6. The van der Waals surface area contributed by atoms with Gasteiger partial charge in [-0.15, -0.1) is 0 Å². The molecule has 0 radical (unpaired) electrons. The molecule has 3 aromatic rings. The third-order valence-corrected chi connectivity index (χ3v) is 5.19. The number of nitrogens with zero attached hydrogens (tertiary/aromatic N) is 3. The number of benzene rings is 2. The summed E-state index contributed by atoms with van der Waals surface area (Å²) < 4.78 is 7.03. The van der Waals surface area contributed by atoms with E-state index in [4.69, 9.17) is 4.74 Å². The van der Waals surface area contributed by atoms with E-state index in [1.165, 1.54) is 0 Å². The monoisotopic (exact) mass is 389 g/mol. The smallest absolute Gasteiger partial charge is 0.359 e.